The molecule has 0 atom stereocenters. The number of hydrogen-bond acceptors (Lipinski definition) is 3. The van der Waals surface area contributed by atoms with Gasteiger partial charge in [-0.2, -0.15) is 0 Å². The highest BCUT2D eigenvalue weighted by Gasteiger charge is 2.07. The Morgan fingerprint density at radius 3 is 2.44 bits per heavy atom. The third-order valence-corrected chi connectivity index (χ3v) is 2.64. The van der Waals surface area contributed by atoms with Gasteiger partial charge in [-0.05, 0) is 30.7 Å². The van der Waals surface area contributed by atoms with Crippen LogP contribution in [0.2, 0.25) is 5.15 Å². The topological polar surface area (TPSA) is 29.0 Å². The fraction of sp³-hybridized carbons (Fsp3) is 0.167. The standard InChI is InChI=1S/C12H12ClN3/c1-9-5-3-4-6-10(9)16(2)12-8-7-11(13)14-15-12/h3-8H,1-2H3. The molecule has 4 heteroatoms. The zero-order chi connectivity index (χ0) is 11.5. The Labute approximate surface area is 99.7 Å². The van der Waals surface area contributed by atoms with E-state index in [1.165, 1.54) is 5.56 Å². The van der Waals surface area contributed by atoms with Crippen LogP contribution in [0.4, 0.5) is 11.5 Å². The van der Waals surface area contributed by atoms with E-state index in [1.807, 2.05) is 36.2 Å². The van der Waals surface area contributed by atoms with Gasteiger partial charge < -0.3 is 4.90 Å². The smallest absolute Gasteiger partial charge is 0.155 e. The highest BCUT2D eigenvalue weighted by molar-refractivity contribution is 6.29. The molecular formula is C12H12ClN3. The maximum Gasteiger partial charge on any atom is 0.155 e. The molecule has 0 spiro atoms. The Kier molecular flexibility index (Phi) is 3.06. The molecule has 0 N–H and O–H groups in total. The molecule has 0 saturated heterocycles. The van der Waals surface area contributed by atoms with Gasteiger partial charge in [0.05, 0.1) is 0 Å². The molecule has 3 nitrogen and oxygen atoms in total. The predicted molar refractivity (Wildman–Crippen MR) is 66.3 cm³/mol. The number of aromatic nitrogens is 2. The van der Waals surface area contributed by atoms with Crippen LogP contribution in [0.5, 0.6) is 0 Å². The van der Waals surface area contributed by atoms with Gasteiger partial charge in [-0.3, -0.25) is 0 Å². The molecular weight excluding hydrogens is 222 g/mol. The third-order valence-electron chi connectivity index (χ3n) is 2.44. The van der Waals surface area contributed by atoms with Crippen LogP contribution in [-0.4, -0.2) is 17.2 Å². The Morgan fingerprint density at radius 2 is 1.81 bits per heavy atom. The molecule has 0 unspecified atom stereocenters. The number of hydrogen-bond donors (Lipinski definition) is 0. The first kappa shape index (κ1) is 10.9. The minimum atomic E-state index is 0.405. The molecule has 82 valence electrons. The van der Waals surface area contributed by atoms with Crippen molar-refractivity contribution in [1.82, 2.24) is 10.2 Å². The number of benzene rings is 1. The lowest BCUT2D eigenvalue weighted by atomic mass is 10.2. The summed E-state index contributed by atoms with van der Waals surface area (Å²) in [6.45, 7) is 2.06. The first-order valence-electron chi connectivity index (χ1n) is 4.97. The van der Waals surface area contributed by atoms with E-state index < -0.39 is 0 Å². The van der Waals surface area contributed by atoms with E-state index in [9.17, 15) is 0 Å². The fourth-order valence-electron chi connectivity index (χ4n) is 1.55. The zero-order valence-electron chi connectivity index (χ0n) is 9.18. The van der Waals surface area contributed by atoms with Gasteiger partial charge in [-0.25, -0.2) is 0 Å². The molecule has 0 aliphatic rings. The van der Waals surface area contributed by atoms with Crippen molar-refractivity contribution in [2.45, 2.75) is 6.92 Å². The normalized spacial score (nSPS) is 10.2. The van der Waals surface area contributed by atoms with Crippen molar-refractivity contribution >= 4 is 23.1 Å². The van der Waals surface area contributed by atoms with Crippen LogP contribution in [0.25, 0.3) is 0 Å². The van der Waals surface area contributed by atoms with Crippen molar-refractivity contribution in [2.75, 3.05) is 11.9 Å². The Balaban J connectivity index is 2.35. The lowest BCUT2D eigenvalue weighted by Gasteiger charge is -2.19. The number of anilines is 2. The largest absolute Gasteiger partial charge is 0.328 e. The molecule has 0 amide bonds. The van der Waals surface area contributed by atoms with E-state index in [1.54, 1.807) is 6.07 Å². The van der Waals surface area contributed by atoms with Gasteiger partial charge in [0.25, 0.3) is 0 Å². The molecule has 2 rings (SSSR count). The number of para-hydroxylation sites is 1. The summed E-state index contributed by atoms with van der Waals surface area (Å²) in [6, 6.07) is 11.7. The first-order chi connectivity index (χ1) is 7.68. The van der Waals surface area contributed by atoms with Gasteiger partial charge >= 0.3 is 0 Å². The monoisotopic (exact) mass is 233 g/mol. The summed E-state index contributed by atoms with van der Waals surface area (Å²) in [4.78, 5) is 1.98. The van der Waals surface area contributed by atoms with Crippen molar-refractivity contribution in [2.24, 2.45) is 0 Å². The molecule has 0 bridgehead atoms. The van der Waals surface area contributed by atoms with Crippen LogP contribution in [0, 0.1) is 6.92 Å². The maximum absolute atomic E-state index is 5.70. The van der Waals surface area contributed by atoms with Crippen LogP contribution in [-0.2, 0) is 0 Å². The SMILES string of the molecule is Cc1ccccc1N(C)c1ccc(Cl)nn1. The number of rotatable bonds is 2. The highest BCUT2D eigenvalue weighted by Crippen LogP contribution is 2.24. The average molecular weight is 234 g/mol. The molecule has 0 fully saturated rings. The quantitative estimate of drug-likeness (QED) is 0.798. The second kappa shape index (κ2) is 4.49. The van der Waals surface area contributed by atoms with Crippen LogP contribution in [0.1, 0.15) is 5.56 Å². The highest BCUT2D eigenvalue weighted by atomic mass is 35.5. The second-order valence-corrected chi connectivity index (χ2v) is 3.95. The van der Waals surface area contributed by atoms with E-state index in [0.29, 0.717) is 5.15 Å². The number of halogens is 1. The summed E-state index contributed by atoms with van der Waals surface area (Å²) in [6.07, 6.45) is 0. The van der Waals surface area contributed by atoms with Crippen molar-refractivity contribution < 1.29 is 0 Å². The van der Waals surface area contributed by atoms with Gasteiger partial charge in [0.1, 0.15) is 0 Å². The van der Waals surface area contributed by atoms with Crippen LogP contribution in [0.15, 0.2) is 36.4 Å². The van der Waals surface area contributed by atoms with Crippen molar-refractivity contribution in [1.29, 1.82) is 0 Å². The molecule has 0 aliphatic carbocycles. The third kappa shape index (κ3) is 2.14. The summed E-state index contributed by atoms with van der Waals surface area (Å²) < 4.78 is 0. The summed E-state index contributed by atoms with van der Waals surface area (Å²) >= 11 is 5.70. The molecule has 1 aromatic heterocycles. The van der Waals surface area contributed by atoms with E-state index in [4.69, 9.17) is 11.6 Å². The van der Waals surface area contributed by atoms with Crippen molar-refractivity contribution in [3.05, 3.63) is 47.1 Å². The molecule has 1 heterocycles. The first-order valence-corrected chi connectivity index (χ1v) is 5.35. The lowest BCUT2D eigenvalue weighted by molar-refractivity contribution is 0.985. The predicted octanol–water partition coefficient (Wildman–Crippen LogP) is 3.21. The summed E-state index contributed by atoms with van der Waals surface area (Å²) in [5.74, 6) is 0.777. The van der Waals surface area contributed by atoms with E-state index in [-0.39, 0.29) is 0 Å². The van der Waals surface area contributed by atoms with Gasteiger partial charge in [0.2, 0.25) is 0 Å². The van der Waals surface area contributed by atoms with Crippen LogP contribution >= 0.6 is 11.6 Å². The van der Waals surface area contributed by atoms with Gasteiger partial charge in [-0.1, -0.05) is 29.8 Å². The lowest BCUT2D eigenvalue weighted by Crippen LogP contribution is -2.12. The molecule has 2 aromatic rings. The second-order valence-electron chi connectivity index (χ2n) is 3.56. The van der Waals surface area contributed by atoms with E-state index in [0.717, 1.165) is 11.5 Å². The summed E-state index contributed by atoms with van der Waals surface area (Å²) in [5, 5.41) is 8.27. The minimum Gasteiger partial charge on any atom is -0.328 e. The fourth-order valence-corrected chi connectivity index (χ4v) is 1.65. The molecule has 16 heavy (non-hydrogen) atoms. The molecule has 1 aromatic carbocycles. The van der Waals surface area contributed by atoms with Gasteiger partial charge in [-0.15, -0.1) is 10.2 Å². The Morgan fingerprint density at radius 1 is 1.06 bits per heavy atom. The van der Waals surface area contributed by atoms with Crippen LogP contribution in [0.3, 0.4) is 0 Å². The number of aryl methyl sites for hydroxylation is 1. The zero-order valence-corrected chi connectivity index (χ0v) is 9.94. The van der Waals surface area contributed by atoms with E-state index in [2.05, 4.69) is 23.2 Å². The number of nitrogens with zero attached hydrogens (tertiary/aromatic N) is 3. The maximum atomic E-state index is 5.70. The van der Waals surface area contributed by atoms with E-state index >= 15 is 0 Å². The molecule has 0 radical (unpaired) electrons. The summed E-state index contributed by atoms with van der Waals surface area (Å²) in [5.41, 5.74) is 2.31. The van der Waals surface area contributed by atoms with Crippen molar-refractivity contribution in [3.8, 4) is 0 Å². The Hall–Kier alpha value is -1.61. The van der Waals surface area contributed by atoms with Crippen LogP contribution < -0.4 is 4.90 Å². The van der Waals surface area contributed by atoms with Gasteiger partial charge in [0, 0.05) is 12.7 Å². The van der Waals surface area contributed by atoms with Crippen molar-refractivity contribution in [3.63, 3.8) is 0 Å². The average Bonchev–Trinajstić information content (AvgIpc) is 2.30. The molecule has 0 aliphatic heterocycles. The Bertz CT molecular complexity index is 482. The minimum absolute atomic E-state index is 0.405. The summed E-state index contributed by atoms with van der Waals surface area (Å²) in [7, 11) is 1.96. The molecule has 0 saturated carbocycles. The van der Waals surface area contributed by atoms with Gasteiger partial charge in [0.15, 0.2) is 11.0 Å².